The third-order valence-electron chi connectivity index (χ3n) is 6.23. The van der Waals surface area contributed by atoms with Gasteiger partial charge in [0, 0.05) is 27.9 Å². The molecular formula is C26H36N4O4. The number of aromatic hydroxyl groups is 1. The van der Waals surface area contributed by atoms with Gasteiger partial charge in [0.25, 0.3) is 5.91 Å². The maximum absolute atomic E-state index is 12.9. The number of nitrogens with zero attached hydrogens (tertiary/aromatic N) is 4. The fraction of sp³-hybridized carbons (Fsp3) is 0.423. The molecule has 3 aromatic rings. The van der Waals surface area contributed by atoms with Crippen molar-refractivity contribution in [1.82, 2.24) is 14.9 Å². The number of benzene rings is 2. The number of rotatable bonds is 6. The maximum atomic E-state index is 12.9. The highest BCUT2D eigenvalue weighted by Gasteiger charge is 2.34. The number of carbonyl (C=O) groups excluding carboxylic acids is 1. The van der Waals surface area contributed by atoms with Crippen LogP contribution in [0, 0.1) is 12.8 Å². The van der Waals surface area contributed by atoms with Crippen LogP contribution in [0.25, 0.3) is 22.3 Å². The minimum absolute atomic E-state index is 0. The zero-order valence-corrected chi connectivity index (χ0v) is 19.8. The van der Waals surface area contributed by atoms with Gasteiger partial charge in [0.2, 0.25) is 0 Å². The molecular weight excluding hydrogens is 432 g/mol. The van der Waals surface area contributed by atoms with Gasteiger partial charge < -0.3 is 25.1 Å². The molecule has 0 unspecified atom stereocenters. The Balaban J connectivity index is 0.00000228. The van der Waals surface area contributed by atoms with E-state index in [1.807, 2.05) is 49.9 Å². The van der Waals surface area contributed by atoms with Gasteiger partial charge in [-0.3, -0.25) is 4.79 Å². The molecule has 2 heterocycles. The number of hydrogen-bond acceptors (Lipinski definition) is 7. The minimum Gasteiger partial charge on any atom is -0.507 e. The van der Waals surface area contributed by atoms with Crippen molar-refractivity contribution in [2.24, 2.45) is 5.92 Å². The smallest absolute Gasteiger partial charge is 0.251 e. The summed E-state index contributed by atoms with van der Waals surface area (Å²) in [5, 5.41) is 31.7. The average molecular weight is 469 g/mol. The SMILES string of the molecule is Cc1ccc2c(N3CCN(C(=O)[C@H](O)CC(C)C)[C@@H](CO)C3)nc(-c3ccccc3O)nc2c1.[HH].[HH]. The third kappa shape index (κ3) is 4.83. The Morgan fingerprint density at radius 1 is 1.18 bits per heavy atom. The van der Waals surface area contributed by atoms with E-state index in [0.29, 0.717) is 43.3 Å². The van der Waals surface area contributed by atoms with Crippen molar-refractivity contribution < 1.29 is 23.0 Å². The van der Waals surface area contributed by atoms with Gasteiger partial charge in [-0.25, -0.2) is 9.97 Å². The summed E-state index contributed by atoms with van der Waals surface area (Å²) in [4.78, 5) is 26.0. The number of aryl methyl sites for hydroxylation is 1. The number of aromatic nitrogens is 2. The zero-order valence-electron chi connectivity index (χ0n) is 19.8. The summed E-state index contributed by atoms with van der Waals surface area (Å²) in [5.74, 6) is 1.05. The van der Waals surface area contributed by atoms with Crippen LogP contribution >= 0.6 is 0 Å². The second-order valence-electron chi connectivity index (χ2n) is 9.37. The molecule has 1 aliphatic heterocycles. The highest BCUT2D eigenvalue weighted by molar-refractivity contribution is 5.92. The Hall–Kier alpha value is -3.23. The summed E-state index contributed by atoms with van der Waals surface area (Å²) < 4.78 is 0. The Labute approximate surface area is 202 Å². The normalized spacial score (nSPS) is 17.4. The largest absolute Gasteiger partial charge is 0.507 e. The van der Waals surface area contributed by atoms with E-state index in [1.54, 1.807) is 23.1 Å². The number of para-hydroxylation sites is 1. The molecule has 8 heteroatoms. The minimum atomic E-state index is -1.07. The van der Waals surface area contributed by atoms with E-state index in [4.69, 9.17) is 9.97 Å². The molecule has 2 aromatic carbocycles. The molecule has 1 amide bonds. The number of phenols is 1. The Morgan fingerprint density at radius 2 is 1.94 bits per heavy atom. The van der Waals surface area contributed by atoms with Crippen LogP contribution in [-0.2, 0) is 4.79 Å². The van der Waals surface area contributed by atoms with E-state index >= 15 is 0 Å². The van der Waals surface area contributed by atoms with Gasteiger partial charge >= 0.3 is 0 Å². The summed E-state index contributed by atoms with van der Waals surface area (Å²) in [6, 6.07) is 12.5. The van der Waals surface area contributed by atoms with E-state index in [2.05, 4.69) is 0 Å². The standard InChI is InChI=1S/C26H32N4O4.2H2/c1-16(2)12-23(33)26(34)30-11-10-29(14-18(30)15-31)25-19-9-8-17(3)13-21(19)27-24(28-25)20-6-4-5-7-22(20)32;;/h4-9,13,16,18,23,31-33H,10-12,14-15H2,1-3H3;2*1H/t18-,23-;;/m1../s1. The highest BCUT2D eigenvalue weighted by atomic mass is 16.3. The molecule has 3 N–H and O–H groups in total. The predicted molar refractivity (Wildman–Crippen MR) is 136 cm³/mol. The van der Waals surface area contributed by atoms with E-state index in [9.17, 15) is 20.1 Å². The van der Waals surface area contributed by atoms with Gasteiger partial charge in [-0.2, -0.15) is 0 Å². The molecule has 0 saturated carbocycles. The number of aliphatic hydroxyl groups excluding tert-OH is 2. The van der Waals surface area contributed by atoms with Gasteiger partial charge in [0.15, 0.2) is 5.82 Å². The number of piperazine rings is 1. The van der Waals surface area contributed by atoms with Crippen LogP contribution < -0.4 is 4.90 Å². The lowest BCUT2D eigenvalue weighted by Crippen LogP contribution is -2.59. The summed E-state index contributed by atoms with van der Waals surface area (Å²) in [5.41, 5.74) is 2.36. The van der Waals surface area contributed by atoms with E-state index in [-0.39, 0.29) is 27.0 Å². The van der Waals surface area contributed by atoms with Crippen molar-refractivity contribution in [2.75, 3.05) is 31.1 Å². The quantitative estimate of drug-likeness (QED) is 0.509. The van der Waals surface area contributed by atoms with Gasteiger partial charge in [-0.1, -0.05) is 32.0 Å². The first-order valence-electron chi connectivity index (χ1n) is 11.7. The molecule has 1 aliphatic rings. The molecule has 1 aromatic heterocycles. The molecule has 0 aliphatic carbocycles. The van der Waals surface area contributed by atoms with Gasteiger partial charge in [-0.15, -0.1) is 0 Å². The first-order chi connectivity index (χ1) is 16.3. The second-order valence-corrected chi connectivity index (χ2v) is 9.37. The van der Waals surface area contributed by atoms with Crippen molar-refractivity contribution in [1.29, 1.82) is 0 Å². The van der Waals surface area contributed by atoms with Crippen LogP contribution in [0.1, 0.15) is 28.7 Å². The van der Waals surface area contributed by atoms with E-state index < -0.39 is 12.1 Å². The Bertz CT molecular complexity index is 1190. The molecule has 8 nitrogen and oxygen atoms in total. The van der Waals surface area contributed by atoms with Crippen molar-refractivity contribution in [3.05, 3.63) is 48.0 Å². The molecule has 2 atom stereocenters. The predicted octanol–water partition coefficient (Wildman–Crippen LogP) is 3.22. The number of anilines is 1. The van der Waals surface area contributed by atoms with Crippen molar-refractivity contribution in [2.45, 2.75) is 39.3 Å². The molecule has 184 valence electrons. The van der Waals surface area contributed by atoms with Crippen molar-refractivity contribution in [3.8, 4) is 17.1 Å². The van der Waals surface area contributed by atoms with Crippen LogP contribution in [-0.4, -0.2) is 74.5 Å². The number of amides is 1. The van der Waals surface area contributed by atoms with Gasteiger partial charge in [0.05, 0.1) is 23.7 Å². The summed E-state index contributed by atoms with van der Waals surface area (Å²) in [6.45, 7) is 6.93. The zero-order chi connectivity index (χ0) is 24.4. The van der Waals surface area contributed by atoms with Crippen molar-refractivity contribution in [3.63, 3.8) is 0 Å². The average Bonchev–Trinajstić information content (AvgIpc) is 2.82. The molecule has 4 rings (SSSR count). The van der Waals surface area contributed by atoms with Crippen LogP contribution in [0.3, 0.4) is 0 Å². The van der Waals surface area contributed by atoms with E-state index in [1.165, 1.54) is 0 Å². The fourth-order valence-electron chi connectivity index (χ4n) is 4.48. The maximum Gasteiger partial charge on any atom is 0.251 e. The molecule has 34 heavy (non-hydrogen) atoms. The lowest BCUT2D eigenvalue weighted by molar-refractivity contribution is -0.144. The summed E-state index contributed by atoms with van der Waals surface area (Å²) in [7, 11) is 0. The lowest BCUT2D eigenvalue weighted by atomic mass is 10.0. The fourth-order valence-corrected chi connectivity index (χ4v) is 4.48. The molecule has 0 bridgehead atoms. The number of phenolic OH excluding ortho intramolecular Hbond substituents is 1. The van der Waals surface area contributed by atoms with Crippen LogP contribution in [0.2, 0.25) is 0 Å². The van der Waals surface area contributed by atoms with Crippen LogP contribution in [0.15, 0.2) is 42.5 Å². The molecule has 0 radical (unpaired) electrons. The molecule has 0 spiro atoms. The van der Waals surface area contributed by atoms with Crippen molar-refractivity contribution >= 4 is 22.6 Å². The van der Waals surface area contributed by atoms with E-state index in [0.717, 1.165) is 16.5 Å². The van der Waals surface area contributed by atoms with Crippen LogP contribution in [0.4, 0.5) is 5.82 Å². The first-order valence-corrected chi connectivity index (χ1v) is 11.7. The number of carbonyl (C=O) groups is 1. The second kappa shape index (κ2) is 9.95. The Morgan fingerprint density at radius 3 is 2.65 bits per heavy atom. The number of fused-ring (bicyclic) bond motifs is 1. The first kappa shape index (κ1) is 23.9. The highest BCUT2D eigenvalue weighted by Crippen LogP contribution is 2.33. The number of hydrogen-bond donors (Lipinski definition) is 3. The lowest BCUT2D eigenvalue weighted by Gasteiger charge is -2.42. The summed E-state index contributed by atoms with van der Waals surface area (Å²) >= 11 is 0. The molecule has 1 fully saturated rings. The monoisotopic (exact) mass is 468 g/mol. The summed E-state index contributed by atoms with van der Waals surface area (Å²) in [6.07, 6.45) is -0.687. The topological polar surface area (TPSA) is 110 Å². The third-order valence-corrected chi connectivity index (χ3v) is 6.23. The van der Waals surface area contributed by atoms with Gasteiger partial charge in [-0.05, 0) is 49.1 Å². The van der Waals surface area contributed by atoms with Gasteiger partial charge in [0.1, 0.15) is 17.7 Å². The number of aliphatic hydroxyl groups is 2. The molecule has 1 saturated heterocycles. The van der Waals surface area contributed by atoms with Crippen LogP contribution in [0.5, 0.6) is 5.75 Å². The Kier molecular flexibility index (Phi) is 7.00.